The summed E-state index contributed by atoms with van der Waals surface area (Å²) >= 11 is 11.5. The van der Waals surface area contributed by atoms with E-state index in [1.165, 1.54) is 18.2 Å². The molecule has 162 valence electrons. The van der Waals surface area contributed by atoms with Crippen molar-refractivity contribution in [3.05, 3.63) is 95.3 Å². The molecule has 5 nitrogen and oxygen atoms in total. The van der Waals surface area contributed by atoms with Crippen molar-refractivity contribution >= 4 is 62.4 Å². The van der Waals surface area contributed by atoms with E-state index < -0.39 is 11.7 Å². The van der Waals surface area contributed by atoms with Crippen LogP contribution in [0.15, 0.2) is 83.3 Å². The summed E-state index contributed by atoms with van der Waals surface area (Å²) in [5, 5.41) is 8.07. The van der Waals surface area contributed by atoms with Crippen LogP contribution in [0.1, 0.15) is 10.4 Å². The Kier molecular flexibility index (Phi) is 5.50. The molecule has 0 atom stereocenters. The van der Waals surface area contributed by atoms with E-state index in [-0.39, 0.29) is 10.7 Å². The highest BCUT2D eigenvalue weighted by molar-refractivity contribution is 7.80. The molecule has 0 radical (unpaired) electrons. The molecule has 0 saturated carbocycles. The minimum Gasteiger partial charge on any atom is -0.436 e. The molecule has 4 aromatic carbocycles. The second-order valence-electron chi connectivity index (χ2n) is 7.26. The average molecular weight is 476 g/mol. The molecule has 1 amide bonds. The van der Waals surface area contributed by atoms with Crippen molar-refractivity contribution in [3.8, 4) is 11.5 Å². The molecule has 0 spiro atoms. The Morgan fingerprint density at radius 3 is 2.61 bits per heavy atom. The Morgan fingerprint density at radius 2 is 1.76 bits per heavy atom. The summed E-state index contributed by atoms with van der Waals surface area (Å²) in [6, 6.07) is 22.1. The smallest absolute Gasteiger partial charge is 0.257 e. The van der Waals surface area contributed by atoms with Gasteiger partial charge in [-0.25, -0.2) is 9.37 Å². The lowest BCUT2D eigenvalue weighted by molar-refractivity contribution is 0.0977. The van der Waals surface area contributed by atoms with E-state index in [9.17, 15) is 9.18 Å². The van der Waals surface area contributed by atoms with Gasteiger partial charge in [-0.15, -0.1) is 0 Å². The first-order valence-corrected chi connectivity index (χ1v) is 10.7. The molecule has 0 unspecified atom stereocenters. The molecule has 8 heteroatoms. The van der Waals surface area contributed by atoms with Gasteiger partial charge in [0.25, 0.3) is 5.91 Å². The number of hydrogen-bond acceptors (Lipinski definition) is 4. The van der Waals surface area contributed by atoms with E-state index in [1.807, 2.05) is 36.4 Å². The zero-order valence-electron chi connectivity index (χ0n) is 16.9. The molecule has 5 rings (SSSR count). The number of halogens is 2. The molecular formula is C25H15ClFN3O2S. The Labute approximate surface area is 198 Å². The van der Waals surface area contributed by atoms with E-state index in [0.717, 1.165) is 22.4 Å². The molecule has 33 heavy (non-hydrogen) atoms. The molecule has 0 bridgehead atoms. The minimum atomic E-state index is -0.508. The molecular weight excluding hydrogens is 461 g/mol. The van der Waals surface area contributed by atoms with E-state index in [0.29, 0.717) is 27.7 Å². The van der Waals surface area contributed by atoms with Crippen LogP contribution in [0.2, 0.25) is 5.02 Å². The number of nitrogens with one attached hydrogen (secondary N) is 2. The van der Waals surface area contributed by atoms with Gasteiger partial charge in [-0.1, -0.05) is 41.9 Å². The number of benzene rings is 4. The normalized spacial score (nSPS) is 11.0. The molecule has 1 heterocycles. The lowest BCUT2D eigenvalue weighted by Crippen LogP contribution is -2.34. The van der Waals surface area contributed by atoms with Crippen LogP contribution < -0.4 is 10.6 Å². The van der Waals surface area contributed by atoms with Crippen molar-refractivity contribution in [2.24, 2.45) is 0 Å². The second-order valence-corrected chi connectivity index (χ2v) is 8.08. The van der Waals surface area contributed by atoms with Gasteiger partial charge in [0.05, 0.1) is 0 Å². The highest BCUT2D eigenvalue weighted by Gasteiger charge is 2.14. The maximum absolute atomic E-state index is 13.3. The number of oxazole rings is 1. The zero-order chi connectivity index (χ0) is 22.9. The van der Waals surface area contributed by atoms with Gasteiger partial charge in [0, 0.05) is 27.2 Å². The van der Waals surface area contributed by atoms with Crippen molar-refractivity contribution in [2.45, 2.75) is 0 Å². The monoisotopic (exact) mass is 475 g/mol. The molecule has 2 N–H and O–H groups in total. The average Bonchev–Trinajstić information content (AvgIpc) is 3.22. The minimum absolute atomic E-state index is 0.0797. The Bertz CT molecular complexity index is 1550. The number of hydrogen-bond donors (Lipinski definition) is 2. The molecule has 5 aromatic rings. The number of fused-ring (bicyclic) bond motifs is 2. The highest BCUT2D eigenvalue weighted by atomic mass is 35.5. The van der Waals surface area contributed by atoms with Gasteiger partial charge in [0.2, 0.25) is 5.89 Å². The zero-order valence-corrected chi connectivity index (χ0v) is 18.5. The summed E-state index contributed by atoms with van der Waals surface area (Å²) in [6.45, 7) is 0. The van der Waals surface area contributed by atoms with Crippen LogP contribution in [0.3, 0.4) is 0 Å². The van der Waals surface area contributed by atoms with E-state index in [4.69, 9.17) is 28.2 Å². The lowest BCUT2D eigenvalue weighted by Gasteiger charge is -2.09. The maximum atomic E-state index is 13.3. The van der Waals surface area contributed by atoms with Crippen LogP contribution in [0, 0.1) is 5.82 Å². The summed E-state index contributed by atoms with van der Waals surface area (Å²) < 4.78 is 19.3. The van der Waals surface area contributed by atoms with Gasteiger partial charge in [0.15, 0.2) is 10.7 Å². The Balaban J connectivity index is 1.38. The van der Waals surface area contributed by atoms with Crippen molar-refractivity contribution in [1.29, 1.82) is 0 Å². The summed E-state index contributed by atoms with van der Waals surface area (Å²) in [4.78, 5) is 16.9. The SMILES string of the molecule is O=C(NC(=S)Nc1ccc2oc(-c3cccc4c(Cl)cccc34)nc2c1)c1cccc(F)c1. The predicted octanol–water partition coefficient (Wildman–Crippen LogP) is 6.57. The highest BCUT2D eigenvalue weighted by Crippen LogP contribution is 2.33. The number of anilines is 1. The number of amides is 1. The Hall–Kier alpha value is -3.81. The number of nitrogens with zero attached hydrogens (tertiary/aromatic N) is 1. The predicted molar refractivity (Wildman–Crippen MR) is 132 cm³/mol. The van der Waals surface area contributed by atoms with Crippen LogP contribution in [-0.2, 0) is 0 Å². The first kappa shape index (κ1) is 21.1. The maximum Gasteiger partial charge on any atom is 0.257 e. The van der Waals surface area contributed by atoms with Crippen molar-refractivity contribution < 1.29 is 13.6 Å². The third-order valence-corrected chi connectivity index (χ3v) is 5.59. The van der Waals surface area contributed by atoms with Gasteiger partial charge in [-0.2, -0.15) is 0 Å². The molecule has 0 fully saturated rings. The summed E-state index contributed by atoms with van der Waals surface area (Å²) in [5.41, 5.74) is 2.84. The first-order valence-electron chi connectivity index (χ1n) is 9.94. The van der Waals surface area contributed by atoms with Crippen LogP contribution in [0.4, 0.5) is 10.1 Å². The van der Waals surface area contributed by atoms with Gasteiger partial charge in [-0.05, 0) is 66.1 Å². The van der Waals surface area contributed by atoms with Crippen LogP contribution in [-0.4, -0.2) is 16.0 Å². The standard InChI is InChI=1S/C25H15ClFN3O2S/c26-20-9-3-6-17-18(20)7-2-8-19(17)24-29-21-13-16(10-11-22(21)32-24)28-25(33)30-23(31)14-4-1-5-15(27)12-14/h1-13H,(H2,28,30,31,33). The largest absolute Gasteiger partial charge is 0.436 e. The first-order chi connectivity index (χ1) is 16.0. The number of aromatic nitrogens is 1. The van der Waals surface area contributed by atoms with Crippen molar-refractivity contribution in [1.82, 2.24) is 10.3 Å². The molecule has 0 aliphatic heterocycles. The molecule has 1 aromatic heterocycles. The fourth-order valence-corrected chi connectivity index (χ4v) is 3.99. The van der Waals surface area contributed by atoms with E-state index in [1.54, 1.807) is 18.2 Å². The van der Waals surface area contributed by atoms with Crippen molar-refractivity contribution in [2.75, 3.05) is 5.32 Å². The van der Waals surface area contributed by atoms with Crippen LogP contribution >= 0.6 is 23.8 Å². The fourth-order valence-electron chi connectivity index (χ4n) is 3.55. The topological polar surface area (TPSA) is 67.2 Å². The summed E-state index contributed by atoms with van der Waals surface area (Å²) in [7, 11) is 0. The van der Waals surface area contributed by atoms with Crippen LogP contribution in [0.25, 0.3) is 33.3 Å². The Morgan fingerprint density at radius 1 is 0.970 bits per heavy atom. The lowest BCUT2D eigenvalue weighted by atomic mass is 10.0. The number of thiocarbonyl (C=S) groups is 1. The van der Waals surface area contributed by atoms with E-state index in [2.05, 4.69) is 15.6 Å². The van der Waals surface area contributed by atoms with Gasteiger partial charge >= 0.3 is 0 Å². The molecule has 0 aliphatic carbocycles. The third-order valence-electron chi connectivity index (χ3n) is 5.06. The number of carbonyl (C=O) groups is 1. The fraction of sp³-hybridized carbons (Fsp3) is 0. The molecule has 0 saturated heterocycles. The van der Waals surface area contributed by atoms with E-state index >= 15 is 0 Å². The summed E-state index contributed by atoms with van der Waals surface area (Å²) in [5.74, 6) is -0.536. The third kappa shape index (κ3) is 4.28. The van der Waals surface area contributed by atoms with Crippen LogP contribution in [0.5, 0.6) is 0 Å². The van der Waals surface area contributed by atoms with Crippen molar-refractivity contribution in [3.63, 3.8) is 0 Å². The van der Waals surface area contributed by atoms with Gasteiger partial charge in [0.1, 0.15) is 11.3 Å². The number of carbonyl (C=O) groups excluding carboxylic acids is 1. The quantitative estimate of drug-likeness (QED) is 0.289. The summed E-state index contributed by atoms with van der Waals surface area (Å²) in [6.07, 6.45) is 0. The molecule has 0 aliphatic rings. The van der Waals surface area contributed by atoms with Gasteiger partial charge < -0.3 is 9.73 Å². The second kappa shape index (κ2) is 8.61. The number of rotatable bonds is 3. The van der Waals surface area contributed by atoms with Gasteiger partial charge in [-0.3, -0.25) is 10.1 Å².